The lowest BCUT2D eigenvalue weighted by Crippen LogP contribution is -2.40. The average molecular weight is 481 g/mol. The maximum atomic E-state index is 13.6. The molecular weight excluding hydrogens is 460 g/mol. The van der Waals surface area contributed by atoms with E-state index in [2.05, 4.69) is 0 Å². The van der Waals surface area contributed by atoms with E-state index in [9.17, 15) is 14.4 Å². The van der Waals surface area contributed by atoms with E-state index in [1.807, 2.05) is 0 Å². The van der Waals surface area contributed by atoms with Gasteiger partial charge in [-0.1, -0.05) is 17.7 Å². The zero-order valence-corrected chi connectivity index (χ0v) is 19.5. The highest BCUT2D eigenvalue weighted by Crippen LogP contribution is 2.30. The number of halogens is 1. The van der Waals surface area contributed by atoms with Gasteiger partial charge in [-0.3, -0.25) is 14.2 Å². The summed E-state index contributed by atoms with van der Waals surface area (Å²) < 4.78 is 18.1. The van der Waals surface area contributed by atoms with E-state index in [0.717, 1.165) is 4.57 Å². The molecule has 0 atom stereocenters. The number of Topliss-reactive ketones (excluding diaryl/α,β-unsaturated/α-hetero) is 1. The Hall–Kier alpha value is -4.04. The minimum absolute atomic E-state index is 0.180. The van der Waals surface area contributed by atoms with Crippen molar-refractivity contribution < 1.29 is 19.0 Å². The van der Waals surface area contributed by atoms with Crippen molar-refractivity contribution in [2.75, 3.05) is 21.3 Å². The number of fused-ring (bicyclic) bond motifs is 1. The summed E-state index contributed by atoms with van der Waals surface area (Å²) in [5, 5.41) is 0.539. The molecule has 0 aliphatic rings. The topological polar surface area (TPSA) is 88.8 Å². The monoisotopic (exact) mass is 480 g/mol. The van der Waals surface area contributed by atoms with Crippen LogP contribution in [0.2, 0.25) is 5.02 Å². The number of aromatic nitrogens is 2. The molecule has 0 saturated heterocycles. The van der Waals surface area contributed by atoms with E-state index in [1.54, 1.807) is 42.5 Å². The average Bonchev–Trinajstić information content (AvgIpc) is 2.85. The maximum Gasteiger partial charge on any atom is 0.336 e. The molecule has 0 saturated carbocycles. The molecule has 0 aliphatic carbocycles. The Labute approximate surface area is 199 Å². The molecule has 0 spiro atoms. The van der Waals surface area contributed by atoms with Gasteiger partial charge in [0.15, 0.2) is 17.3 Å². The molecule has 1 heterocycles. The molecule has 1 aromatic heterocycles. The number of ketones is 1. The van der Waals surface area contributed by atoms with Gasteiger partial charge in [-0.15, -0.1) is 0 Å². The largest absolute Gasteiger partial charge is 0.497 e. The molecule has 3 aromatic carbocycles. The molecule has 0 aliphatic heterocycles. The van der Waals surface area contributed by atoms with E-state index >= 15 is 0 Å². The van der Waals surface area contributed by atoms with Crippen LogP contribution < -0.4 is 25.5 Å². The van der Waals surface area contributed by atoms with Gasteiger partial charge in [0.25, 0.3) is 5.56 Å². The van der Waals surface area contributed by atoms with Crippen molar-refractivity contribution in [3.63, 3.8) is 0 Å². The van der Waals surface area contributed by atoms with Crippen LogP contribution in [0.4, 0.5) is 0 Å². The van der Waals surface area contributed by atoms with Crippen LogP contribution in [0.25, 0.3) is 16.6 Å². The van der Waals surface area contributed by atoms with Gasteiger partial charge in [0.2, 0.25) is 0 Å². The summed E-state index contributed by atoms with van der Waals surface area (Å²) in [7, 11) is 4.42. The first-order valence-electron chi connectivity index (χ1n) is 10.2. The molecule has 0 N–H and O–H groups in total. The van der Waals surface area contributed by atoms with Crippen molar-refractivity contribution in [1.29, 1.82) is 0 Å². The van der Waals surface area contributed by atoms with Crippen LogP contribution in [0.15, 0.2) is 70.3 Å². The summed E-state index contributed by atoms with van der Waals surface area (Å²) in [6.07, 6.45) is 0. The SMILES string of the molecule is COc1ccc(C(=O)Cn2c(=O)n(-c3cccc(Cl)c3)c(=O)c3cc(OC)c(OC)cc32)cc1. The molecule has 9 heteroatoms. The predicted octanol–water partition coefficient (Wildman–Crippen LogP) is 3.71. The Morgan fingerprint density at radius 2 is 1.56 bits per heavy atom. The lowest BCUT2D eigenvalue weighted by molar-refractivity contribution is 0.0971. The lowest BCUT2D eigenvalue weighted by Gasteiger charge is -2.16. The second-order valence-corrected chi connectivity index (χ2v) is 7.80. The fourth-order valence-electron chi connectivity index (χ4n) is 3.70. The minimum atomic E-state index is -0.686. The van der Waals surface area contributed by atoms with Crippen molar-refractivity contribution in [3.05, 3.63) is 92.1 Å². The number of benzene rings is 3. The molecule has 34 heavy (non-hydrogen) atoms. The zero-order valence-electron chi connectivity index (χ0n) is 18.7. The van der Waals surface area contributed by atoms with Crippen LogP contribution >= 0.6 is 11.6 Å². The van der Waals surface area contributed by atoms with Gasteiger partial charge in [-0.2, -0.15) is 0 Å². The Kier molecular flexibility index (Phi) is 6.43. The fraction of sp³-hybridized carbons (Fsp3) is 0.160. The van der Waals surface area contributed by atoms with Crippen molar-refractivity contribution in [2.24, 2.45) is 0 Å². The molecule has 0 bridgehead atoms. The molecule has 0 unspecified atom stereocenters. The normalized spacial score (nSPS) is 10.8. The predicted molar refractivity (Wildman–Crippen MR) is 129 cm³/mol. The van der Waals surface area contributed by atoms with Crippen LogP contribution in [0.5, 0.6) is 17.2 Å². The molecule has 0 radical (unpaired) electrons. The van der Waals surface area contributed by atoms with Crippen LogP contribution in [-0.2, 0) is 6.54 Å². The van der Waals surface area contributed by atoms with Gasteiger partial charge in [-0.25, -0.2) is 9.36 Å². The van der Waals surface area contributed by atoms with Gasteiger partial charge in [0, 0.05) is 16.7 Å². The van der Waals surface area contributed by atoms with Crippen LogP contribution in [0.1, 0.15) is 10.4 Å². The summed E-state index contributed by atoms with van der Waals surface area (Å²) in [4.78, 5) is 40.1. The Morgan fingerprint density at radius 3 is 2.18 bits per heavy atom. The van der Waals surface area contributed by atoms with Crippen molar-refractivity contribution in [2.45, 2.75) is 6.54 Å². The number of nitrogens with zero attached hydrogens (tertiary/aromatic N) is 2. The summed E-state index contributed by atoms with van der Waals surface area (Å²) >= 11 is 6.11. The van der Waals surface area contributed by atoms with E-state index in [1.165, 1.54) is 44.1 Å². The van der Waals surface area contributed by atoms with Crippen LogP contribution in [-0.4, -0.2) is 36.2 Å². The Balaban J connectivity index is 1.98. The quantitative estimate of drug-likeness (QED) is 0.375. The zero-order chi connectivity index (χ0) is 24.4. The lowest BCUT2D eigenvalue weighted by atomic mass is 10.1. The number of hydrogen-bond acceptors (Lipinski definition) is 6. The third-order valence-electron chi connectivity index (χ3n) is 5.43. The highest BCUT2D eigenvalue weighted by molar-refractivity contribution is 6.30. The number of methoxy groups -OCH3 is 3. The van der Waals surface area contributed by atoms with Gasteiger partial charge in [-0.05, 0) is 48.5 Å². The second-order valence-electron chi connectivity index (χ2n) is 7.37. The van der Waals surface area contributed by atoms with Gasteiger partial charge >= 0.3 is 5.69 Å². The van der Waals surface area contributed by atoms with E-state index in [0.29, 0.717) is 27.8 Å². The first kappa shape index (κ1) is 23.1. The molecule has 0 amide bonds. The van der Waals surface area contributed by atoms with Crippen molar-refractivity contribution in [3.8, 4) is 22.9 Å². The van der Waals surface area contributed by atoms with E-state index < -0.39 is 11.2 Å². The highest BCUT2D eigenvalue weighted by atomic mass is 35.5. The number of carbonyl (C=O) groups excluding carboxylic acids is 1. The van der Waals surface area contributed by atoms with Gasteiger partial charge in [0.1, 0.15) is 5.75 Å². The summed E-state index contributed by atoms with van der Waals surface area (Å²) in [5.41, 5.74) is -0.343. The maximum absolute atomic E-state index is 13.6. The molecule has 0 fully saturated rings. The van der Waals surface area contributed by atoms with Crippen molar-refractivity contribution in [1.82, 2.24) is 9.13 Å². The Bertz CT molecular complexity index is 1510. The van der Waals surface area contributed by atoms with E-state index in [4.69, 9.17) is 25.8 Å². The van der Waals surface area contributed by atoms with Gasteiger partial charge < -0.3 is 14.2 Å². The number of rotatable bonds is 7. The molecule has 4 aromatic rings. The van der Waals surface area contributed by atoms with Crippen LogP contribution in [0, 0.1) is 0 Å². The summed E-state index contributed by atoms with van der Waals surface area (Å²) in [6, 6.07) is 15.9. The third kappa shape index (κ3) is 4.15. The molecular formula is C25H21ClN2O6. The number of hydrogen-bond donors (Lipinski definition) is 0. The first-order chi connectivity index (χ1) is 16.4. The van der Waals surface area contributed by atoms with Gasteiger partial charge in [0.05, 0.1) is 44.5 Å². The van der Waals surface area contributed by atoms with Crippen molar-refractivity contribution >= 4 is 28.3 Å². The molecule has 4 rings (SSSR count). The molecule has 8 nitrogen and oxygen atoms in total. The highest BCUT2D eigenvalue weighted by Gasteiger charge is 2.20. The standard InChI is InChI=1S/C25H21ClN2O6/c1-32-18-9-7-15(8-10-18)21(29)14-27-20-13-23(34-3)22(33-2)12-19(20)24(30)28(25(27)31)17-6-4-5-16(26)11-17/h4-13H,14H2,1-3H3. The fourth-order valence-corrected chi connectivity index (χ4v) is 3.89. The third-order valence-corrected chi connectivity index (χ3v) is 5.66. The second kappa shape index (κ2) is 9.44. The number of ether oxygens (including phenoxy) is 3. The van der Waals surface area contributed by atoms with Crippen LogP contribution in [0.3, 0.4) is 0 Å². The smallest absolute Gasteiger partial charge is 0.336 e. The number of carbonyl (C=O) groups is 1. The van der Waals surface area contributed by atoms with E-state index in [-0.39, 0.29) is 28.9 Å². The summed E-state index contributed by atoms with van der Waals surface area (Å²) in [5.74, 6) is 0.916. The molecule has 174 valence electrons. The minimum Gasteiger partial charge on any atom is -0.497 e. The Morgan fingerprint density at radius 1 is 0.882 bits per heavy atom. The summed E-state index contributed by atoms with van der Waals surface area (Å²) in [6.45, 7) is -0.308. The first-order valence-corrected chi connectivity index (χ1v) is 10.6.